The molecule has 0 aliphatic heterocycles. The zero-order valence-electron chi connectivity index (χ0n) is 25.8. The number of carbonyl (C=O) groups excluding carboxylic acids is 1. The van der Waals surface area contributed by atoms with Gasteiger partial charge in [-0.15, -0.1) is 0 Å². The van der Waals surface area contributed by atoms with Gasteiger partial charge in [-0.2, -0.15) is 23.3 Å². The number of amides is 1. The van der Waals surface area contributed by atoms with Crippen molar-refractivity contribution >= 4 is 37.1 Å². The van der Waals surface area contributed by atoms with E-state index in [1.807, 2.05) is 0 Å². The summed E-state index contributed by atoms with van der Waals surface area (Å²) < 4.78 is 66.6. The number of aliphatic hydroxyl groups excluding tert-OH is 1. The summed E-state index contributed by atoms with van der Waals surface area (Å²) in [7, 11) is 0.506. The first-order valence-electron chi connectivity index (χ1n) is 14.6. The van der Waals surface area contributed by atoms with Gasteiger partial charge >= 0.3 is 6.18 Å². The fourth-order valence-electron chi connectivity index (χ4n) is 4.80. The average Bonchev–Trinajstić information content (AvgIpc) is 3.67. The van der Waals surface area contributed by atoms with Crippen molar-refractivity contribution in [3.05, 3.63) is 65.7 Å². The Morgan fingerprint density at radius 3 is 2.55 bits per heavy atom. The summed E-state index contributed by atoms with van der Waals surface area (Å²) >= 11 is 0. The maximum Gasteiger partial charge on any atom is 0.421 e. The molecule has 0 bridgehead atoms. The normalized spacial score (nSPS) is 14.4. The molecule has 4 aromatic rings. The number of ether oxygens (including phenoxy) is 1. The standard InChI is InChI=1S/C30H34F3N8O5P/c1-4-46-47(44)15-18-5-6-22(24(11-18)45-3)39-28-35-13-20(30(31,32)33)26(40-28)38-23-8-7-21(37-25(23)27(43)34-2)19-12-36-41(14-19)16-29(17-42)9-10-29/h5-8,11-14,42,47H,4,9-10,15-17H2,1-3H3,(H,34,43)(H2,35,38,39,40). The third-order valence-electron chi connectivity index (χ3n) is 7.57. The number of nitrogens with one attached hydrogen (secondary N) is 3. The van der Waals surface area contributed by atoms with Crippen LogP contribution in [0.3, 0.4) is 0 Å². The lowest BCUT2D eigenvalue weighted by Crippen LogP contribution is -2.21. The SMILES string of the molecule is CCO[PH](=O)Cc1ccc(Nc2ncc(C(F)(F)F)c(Nc3ccc(-c4cnn(CC5(CO)CC5)c4)nc3C(=O)NC)n2)c(OC)c1. The topological polar surface area (TPSA) is 165 Å². The number of methoxy groups -OCH3 is 1. The van der Waals surface area contributed by atoms with Gasteiger partial charge in [0.15, 0.2) is 13.7 Å². The number of benzene rings is 1. The van der Waals surface area contributed by atoms with Crippen LogP contribution in [0.1, 0.15) is 41.4 Å². The highest BCUT2D eigenvalue weighted by atomic mass is 31.1. The van der Waals surface area contributed by atoms with Gasteiger partial charge in [-0.3, -0.25) is 14.0 Å². The van der Waals surface area contributed by atoms with Crippen LogP contribution >= 0.6 is 8.03 Å². The van der Waals surface area contributed by atoms with Crippen molar-refractivity contribution in [2.24, 2.45) is 5.41 Å². The van der Waals surface area contributed by atoms with E-state index < -0.39 is 31.5 Å². The molecular formula is C30H34F3N8O5P. The average molecular weight is 675 g/mol. The number of alkyl halides is 3. The Hall–Kier alpha value is -4.53. The van der Waals surface area contributed by atoms with Gasteiger partial charge in [0.2, 0.25) is 5.95 Å². The number of anilines is 4. The summed E-state index contributed by atoms with van der Waals surface area (Å²) in [6, 6.07) is 7.90. The van der Waals surface area contributed by atoms with Crippen LogP contribution in [-0.4, -0.2) is 63.1 Å². The lowest BCUT2D eigenvalue weighted by Gasteiger charge is -2.17. The quantitative estimate of drug-likeness (QED) is 0.127. The van der Waals surface area contributed by atoms with Gasteiger partial charge in [0.05, 0.1) is 43.6 Å². The number of pyridine rings is 1. The van der Waals surface area contributed by atoms with Crippen LogP contribution in [0.25, 0.3) is 11.3 Å². The maximum atomic E-state index is 14.1. The van der Waals surface area contributed by atoms with Crippen LogP contribution in [0.2, 0.25) is 0 Å². The number of nitrogens with zero attached hydrogens (tertiary/aromatic N) is 5. The highest BCUT2D eigenvalue weighted by molar-refractivity contribution is 7.38. The van der Waals surface area contributed by atoms with E-state index in [1.165, 1.54) is 20.2 Å². The third kappa shape index (κ3) is 8.07. The van der Waals surface area contributed by atoms with Crippen LogP contribution in [-0.2, 0) is 28.0 Å². The number of halogens is 3. The second kappa shape index (κ2) is 14.1. The van der Waals surface area contributed by atoms with E-state index in [1.54, 1.807) is 48.3 Å². The molecule has 1 amide bonds. The zero-order chi connectivity index (χ0) is 33.8. The number of hydrogen-bond acceptors (Lipinski definition) is 11. The Morgan fingerprint density at radius 2 is 1.89 bits per heavy atom. The van der Waals surface area contributed by atoms with Gasteiger partial charge in [-0.25, -0.2) is 9.97 Å². The van der Waals surface area contributed by atoms with Gasteiger partial charge in [0.25, 0.3) is 5.91 Å². The molecule has 1 fully saturated rings. The van der Waals surface area contributed by atoms with E-state index in [0.29, 0.717) is 47.6 Å². The third-order valence-corrected chi connectivity index (χ3v) is 8.88. The molecule has 13 nitrogen and oxygen atoms in total. The van der Waals surface area contributed by atoms with Crippen molar-refractivity contribution in [3.63, 3.8) is 0 Å². The Kier molecular flexibility index (Phi) is 10.1. The maximum absolute atomic E-state index is 14.1. The van der Waals surface area contributed by atoms with E-state index in [-0.39, 0.29) is 35.5 Å². The molecule has 1 aromatic carbocycles. The van der Waals surface area contributed by atoms with Gasteiger partial charge in [0.1, 0.15) is 17.1 Å². The monoisotopic (exact) mass is 674 g/mol. The fraction of sp³-hybridized carbons (Fsp3) is 0.367. The molecular weight excluding hydrogens is 640 g/mol. The molecule has 3 aromatic heterocycles. The van der Waals surface area contributed by atoms with E-state index in [2.05, 4.69) is 36.0 Å². The Balaban J connectivity index is 1.44. The Bertz CT molecular complexity index is 1780. The minimum Gasteiger partial charge on any atom is -0.495 e. The summed E-state index contributed by atoms with van der Waals surface area (Å²) in [4.78, 5) is 25.3. The lowest BCUT2D eigenvalue weighted by atomic mass is 10.1. The first-order valence-corrected chi connectivity index (χ1v) is 16.2. The number of carbonyl (C=O) groups is 1. The zero-order valence-corrected chi connectivity index (χ0v) is 26.8. The first kappa shape index (κ1) is 33.8. The van der Waals surface area contributed by atoms with Crippen LogP contribution in [0, 0.1) is 5.41 Å². The summed E-state index contributed by atoms with van der Waals surface area (Å²) in [5.41, 5.74) is 0.445. The number of aromatic nitrogens is 5. The molecule has 1 atom stereocenters. The highest BCUT2D eigenvalue weighted by Gasteiger charge is 2.42. The fourth-order valence-corrected chi connectivity index (χ4v) is 5.78. The minimum absolute atomic E-state index is 0.0284. The minimum atomic E-state index is -4.83. The van der Waals surface area contributed by atoms with Crippen molar-refractivity contribution in [2.45, 2.75) is 38.6 Å². The van der Waals surface area contributed by atoms with Crippen molar-refractivity contribution in [2.75, 3.05) is 38.0 Å². The van der Waals surface area contributed by atoms with Crippen LogP contribution < -0.4 is 20.7 Å². The molecule has 3 heterocycles. The van der Waals surface area contributed by atoms with Crippen molar-refractivity contribution in [3.8, 4) is 17.0 Å². The smallest absolute Gasteiger partial charge is 0.421 e. The second-order valence-corrected chi connectivity index (χ2v) is 12.4. The number of hydrogen-bond donors (Lipinski definition) is 4. The Morgan fingerprint density at radius 1 is 1.13 bits per heavy atom. The first-order chi connectivity index (χ1) is 22.5. The second-order valence-electron chi connectivity index (χ2n) is 11.0. The molecule has 0 radical (unpaired) electrons. The predicted molar refractivity (Wildman–Crippen MR) is 169 cm³/mol. The molecule has 1 aliphatic carbocycles. The molecule has 1 saturated carbocycles. The summed E-state index contributed by atoms with van der Waals surface area (Å²) in [5, 5.41) is 22.0. The molecule has 4 N–H and O–H groups in total. The molecule has 0 saturated heterocycles. The molecule has 47 heavy (non-hydrogen) atoms. The lowest BCUT2D eigenvalue weighted by molar-refractivity contribution is -0.137. The van der Waals surface area contributed by atoms with Gasteiger partial charge in [0, 0.05) is 43.1 Å². The van der Waals surface area contributed by atoms with E-state index in [0.717, 1.165) is 12.8 Å². The number of rotatable bonds is 14. The summed E-state index contributed by atoms with van der Waals surface area (Å²) in [5.74, 6) is -1.13. The molecule has 17 heteroatoms. The highest BCUT2D eigenvalue weighted by Crippen LogP contribution is 2.46. The van der Waals surface area contributed by atoms with Crippen LogP contribution in [0.5, 0.6) is 5.75 Å². The molecule has 250 valence electrons. The summed E-state index contributed by atoms with van der Waals surface area (Å²) in [6.07, 6.45) is 1.09. The Labute approximate surface area is 268 Å². The van der Waals surface area contributed by atoms with Gasteiger partial charge in [-0.1, -0.05) is 6.07 Å². The van der Waals surface area contributed by atoms with Crippen molar-refractivity contribution in [1.82, 2.24) is 30.0 Å². The van der Waals surface area contributed by atoms with Crippen molar-refractivity contribution < 1.29 is 36.9 Å². The van der Waals surface area contributed by atoms with E-state index in [9.17, 15) is 27.6 Å². The van der Waals surface area contributed by atoms with Gasteiger partial charge in [-0.05, 0) is 49.6 Å². The largest absolute Gasteiger partial charge is 0.495 e. The number of aliphatic hydroxyl groups is 1. The van der Waals surface area contributed by atoms with E-state index in [4.69, 9.17) is 9.26 Å². The summed E-state index contributed by atoms with van der Waals surface area (Å²) in [6.45, 7) is 2.65. The van der Waals surface area contributed by atoms with Crippen molar-refractivity contribution in [1.29, 1.82) is 0 Å². The van der Waals surface area contributed by atoms with Crippen LogP contribution in [0.15, 0.2) is 48.9 Å². The molecule has 5 rings (SSSR count). The predicted octanol–water partition coefficient (Wildman–Crippen LogP) is 5.39. The van der Waals surface area contributed by atoms with Gasteiger partial charge < -0.3 is 30.3 Å². The van der Waals surface area contributed by atoms with E-state index >= 15 is 0 Å². The van der Waals surface area contributed by atoms with Crippen LogP contribution in [0.4, 0.5) is 36.3 Å². The molecule has 0 spiro atoms. The molecule has 1 unspecified atom stereocenters. The molecule has 1 aliphatic rings.